The molecule has 12 heavy (non-hydrogen) atoms. The lowest BCUT2D eigenvalue weighted by molar-refractivity contribution is 0.145. The van der Waals surface area contributed by atoms with Crippen LogP contribution >= 0.6 is 11.6 Å². The molecule has 0 atom stereocenters. The number of alkyl halides is 2. The maximum Gasteiger partial charge on any atom is 0.280 e. The Balaban J connectivity index is 3.06. The minimum Gasteiger partial charge on any atom is -0.232 e. The van der Waals surface area contributed by atoms with Crippen LogP contribution in [0, 0.1) is 0 Å². The molecule has 0 unspecified atom stereocenters. The molecule has 1 aromatic rings. The van der Waals surface area contributed by atoms with Crippen molar-refractivity contribution in [3.8, 4) is 0 Å². The molecular formula is C7H7ClF2N2. The average molecular weight is 193 g/mol. The summed E-state index contributed by atoms with van der Waals surface area (Å²) in [7, 11) is 0. The third-order valence-corrected chi connectivity index (χ3v) is 1.49. The summed E-state index contributed by atoms with van der Waals surface area (Å²) in [4.78, 5) is 7.36. The predicted octanol–water partition coefficient (Wildman–Crippen LogP) is 2.63. The van der Waals surface area contributed by atoms with Crippen molar-refractivity contribution < 1.29 is 8.78 Å². The first kappa shape index (κ1) is 9.32. The normalized spacial score (nSPS) is 10.8. The van der Waals surface area contributed by atoms with Gasteiger partial charge in [0.15, 0.2) is 0 Å². The van der Waals surface area contributed by atoms with Crippen LogP contribution in [0.5, 0.6) is 0 Å². The Morgan fingerprint density at radius 1 is 1.50 bits per heavy atom. The fourth-order valence-corrected chi connectivity index (χ4v) is 0.963. The van der Waals surface area contributed by atoms with Crippen molar-refractivity contribution in [2.45, 2.75) is 19.8 Å². The van der Waals surface area contributed by atoms with Gasteiger partial charge in [-0.2, -0.15) is 0 Å². The molecule has 5 heteroatoms. The van der Waals surface area contributed by atoms with Crippen LogP contribution in [0.1, 0.15) is 24.9 Å². The Kier molecular flexibility index (Phi) is 2.92. The van der Waals surface area contributed by atoms with Gasteiger partial charge in [-0.3, -0.25) is 0 Å². The second-order valence-electron chi connectivity index (χ2n) is 2.19. The van der Waals surface area contributed by atoms with Crippen molar-refractivity contribution in [3.63, 3.8) is 0 Å². The van der Waals surface area contributed by atoms with Gasteiger partial charge in [-0.1, -0.05) is 18.5 Å². The molecule has 1 aromatic heterocycles. The molecular weight excluding hydrogens is 186 g/mol. The Morgan fingerprint density at radius 2 is 2.17 bits per heavy atom. The lowest BCUT2D eigenvalue weighted by Crippen LogP contribution is -1.98. The maximum atomic E-state index is 12.1. The van der Waals surface area contributed by atoms with E-state index >= 15 is 0 Å². The summed E-state index contributed by atoms with van der Waals surface area (Å²) in [6.45, 7) is 1.78. The van der Waals surface area contributed by atoms with Crippen molar-refractivity contribution in [1.82, 2.24) is 9.97 Å². The summed E-state index contributed by atoms with van der Waals surface area (Å²) in [6.07, 6.45) is -2.09. The highest BCUT2D eigenvalue weighted by atomic mass is 35.5. The average Bonchev–Trinajstić information content (AvgIpc) is 2.03. The van der Waals surface area contributed by atoms with E-state index in [4.69, 9.17) is 11.6 Å². The van der Waals surface area contributed by atoms with Crippen LogP contribution in [-0.2, 0) is 6.42 Å². The van der Waals surface area contributed by atoms with Crippen molar-refractivity contribution in [3.05, 3.63) is 22.7 Å². The van der Waals surface area contributed by atoms with E-state index in [-0.39, 0.29) is 10.8 Å². The van der Waals surface area contributed by atoms with Crippen LogP contribution in [0.4, 0.5) is 8.78 Å². The molecule has 0 aliphatic carbocycles. The van der Waals surface area contributed by atoms with Gasteiger partial charge in [-0.25, -0.2) is 18.7 Å². The molecule has 0 saturated heterocycles. The second kappa shape index (κ2) is 3.76. The first-order valence-electron chi connectivity index (χ1n) is 3.45. The molecule has 0 aliphatic rings. The van der Waals surface area contributed by atoms with Crippen LogP contribution in [0.2, 0.25) is 5.15 Å². The smallest absolute Gasteiger partial charge is 0.232 e. The highest BCUT2D eigenvalue weighted by Gasteiger charge is 2.11. The Hall–Kier alpha value is -0.770. The van der Waals surface area contributed by atoms with E-state index in [0.717, 1.165) is 6.07 Å². The number of halogens is 3. The van der Waals surface area contributed by atoms with Crippen molar-refractivity contribution in [2.24, 2.45) is 0 Å². The van der Waals surface area contributed by atoms with E-state index in [1.165, 1.54) is 0 Å². The highest BCUT2D eigenvalue weighted by molar-refractivity contribution is 6.29. The Morgan fingerprint density at radius 3 is 2.67 bits per heavy atom. The summed E-state index contributed by atoms with van der Waals surface area (Å²) in [6, 6.07) is 1.07. The number of aromatic nitrogens is 2. The summed E-state index contributed by atoms with van der Waals surface area (Å²) in [5.74, 6) is 0.345. The number of rotatable bonds is 2. The molecule has 0 amide bonds. The van der Waals surface area contributed by atoms with Crippen LogP contribution in [0.15, 0.2) is 6.07 Å². The first-order valence-corrected chi connectivity index (χ1v) is 3.82. The van der Waals surface area contributed by atoms with E-state index in [1.54, 1.807) is 6.92 Å². The van der Waals surface area contributed by atoms with Crippen LogP contribution in [0.25, 0.3) is 0 Å². The largest absolute Gasteiger partial charge is 0.280 e. The van der Waals surface area contributed by atoms with Gasteiger partial charge >= 0.3 is 0 Å². The van der Waals surface area contributed by atoms with Crippen molar-refractivity contribution in [2.75, 3.05) is 0 Å². The van der Waals surface area contributed by atoms with E-state index < -0.39 is 6.43 Å². The minimum atomic E-state index is -2.59. The molecule has 2 nitrogen and oxygen atoms in total. The molecule has 1 heterocycles. The lowest BCUT2D eigenvalue weighted by Gasteiger charge is -2.01. The second-order valence-corrected chi connectivity index (χ2v) is 2.57. The SMILES string of the molecule is CCc1nc(Cl)cc(C(F)F)n1. The van der Waals surface area contributed by atoms with Gasteiger partial charge < -0.3 is 0 Å². The van der Waals surface area contributed by atoms with Crippen LogP contribution in [-0.4, -0.2) is 9.97 Å². The third kappa shape index (κ3) is 2.11. The molecule has 0 spiro atoms. The first-order chi connectivity index (χ1) is 5.63. The minimum absolute atomic E-state index is 0.0668. The van der Waals surface area contributed by atoms with Crippen LogP contribution in [0.3, 0.4) is 0 Å². The molecule has 0 saturated carbocycles. The standard InChI is InChI=1S/C7H7ClF2N2/c1-2-6-11-4(7(9)10)3-5(8)12-6/h3,7H,2H2,1H3. The molecule has 0 fully saturated rings. The van der Waals surface area contributed by atoms with Gasteiger partial charge in [0.05, 0.1) is 0 Å². The molecule has 0 aliphatic heterocycles. The predicted molar refractivity (Wildman–Crippen MR) is 41.4 cm³/mol. The zero-order valence-electron chi connectivity index (χ0n) is 6.39. The fraction of sp³-hybridized carbons (Fsp3) is 0.429. The molecule has 0 aromatic carbocycles. The summed E-state index contributed by atoms with van der Waals surface area (Å²) >= 11 is 5.49. The van der Waals surface area contributed by atoms with Gasteiger partial charge in [0, 0.05) is 12.5 Å². The number of hydrogen-bond donors (Lipinski definition) is 0. The number of hydrogen-bond acceptors (Lipinski definition) is 2. The number of aryl methyl sites for hydroxylation is 1. The third-order valence-electron chi connectivity index (χ3n) is 1.30. The summed E-state index contributed by atoms with van der Waals surface area (Å²) in [5.41, 5.74) is -0.313. The molecule has 1 rings (SSSR count). The van der Waals surface area contributed by atoms with E-state index in [1.807, 2.05) is 0 Å². The van der Waals surface area contributed by atoms with Gasteiger partial charge in [-0.05, 0) is 0 Å². The summed E-state index contributed by atoms with van der Waals surface area (Å²) in [5, 5.41) is 0.0668. The van der Waals surface area contributed by atoms with E-state index in [9.17, 15) is 8.78 Å². The van der Waals surface area contributed by atoms with Gasteiger partial charge in [-0.15, -0.1) is 0 Å². The quantitative estimate of drug-likeness (QED) is 0.674. The Bertz CT molecular complexity index is 278. The molecule has 0 bridgehead atoms. The van der Waals surface area contributed by atoms with Gasteiger partial charge in [0.2, 0.25) is 0 Å². The topological polar surface area (TPSA) is 25.8 Å². The van der Waals surface area contributed by atoms with Crippen molar-refractivity contribution >= 4 is 11.6 Å². The summed E-state index contributed by atoms with van der Waals surface area (Å²) < 4.78 is 24.2. The molecule has 0 N–H and O–H groups in total. The lowest BCUT2D eigenvalue weighted by atomic mass is 10.4. The maximum absolute atomic E-state index is 12.1. The van der Waals surface area contributed by atoms with Crippen LogP contribution < -0.4 is 0 Å². The number of nitrogens with zero attached hydrogens (tertiary/aromatic N) is 2. The fourth-order valence-electron chi connectivity index (χ4n) is 0.754. The molecule has 66 valence electrons. The zero-order chi connectivity index (χ0) is 9.14. The van der Waals surface area contributed by atoms with Gasteiger partial charge in [0.1, 0.15) is 16.7 Å². The zero-order valence-corrected chi connectivity index (χ0v) is 7.15. The monoisotopic (exact) mass is 192 g/mol. The van der Waals surface area contributed by atoms with Crippen molar-refractivity contribution in [1.29, 1.82) is 0 Å². The van der Waals surface area contributed by atoms with E-state index in [0.29, 0.717) is 12.2 Å². The van der Waals surface area contributed by atoms with Gasteiger partial charge in [0.25, 0.3) is 6.43 Å². The highest BCUT2D eigenvalue weighted by Crippen LogP contribution is 2.18. The van der Waals surface area contributed by atoms with E-state index in [2.05, 4.69) is 9.97 Å². The molecule has 0 radical (unpaired) electrons. The Labute approximate surface area is 73.6 Å².